The zero-order valence-electron chi connectivity index (χ0n) is 21.5. The molecule has 0 saturated carbocycles. The third kappa shape index (κ3) is 4.94. The van der Waals surface area contributed by atoms with Crippen LogP contribution < -0.4 is 0 Å². The summed E-state index contributed by atoms with van der Waals surface area (Å²) in [6, 6.07) is 40.1. The summed E-state index contributed by atoms with van der Waals surface area (Å²) in [5, 5.41) is 11.5. The highest BCUT2D eigenvalue weighted by Gasteiger charge is 2.52. The number of fused-ring (bicyclic) bond motifs is 1. The molecule has 0 bridgehead atoms. The monoisotopic (exact) mass is 521 g/mol. The number of aliphatic hydroxyl groups is 1. The second kappa shape index (κ2) is 11.0. The van der Waals surface area contributed by atoms with Crippen molar-refractivity contribution in [3.63, 3.8) is 0 Å². The van der Waals surface area contributed by atoms with Crippen molar-refractivity contribution in [1.82, 2.24) is 4.90 Å². The standard InChI is InChI=1S/C33H31NO5/c35-30-28(34(21-24-13-5-1-6-14-24)22-29-31(30)39-32(36)38-29)23-37-33(25-15-7-2-8-16-25,26-17-9-3-10-18-26)27-19-11-4-12-20-27/h1-20,28-31,35H,21-23H2/t28-,29+,30+,31-/m1/s1. The summed E-state index contributed by atoms with van der Waals surface area (Å²) in [7, 11) is 0. The van der Waals surface area contributed by atoms with E-state index in [0.717, 1.165) is 22.3 Å². The van der Waals surface area contributed by atoms with Crippen LogP contribution in [0.2, 0.25) is 0 Å². The number of hydrogen-bond acceptors (Lipinski definition) is 6. The van der Waals surface area contributed by atoms with Crippen molar-refractivity contribution < 1.29 is 24.1 Å². The van der Waals surface area contributed by atoms with Crippen molar-refractivity contribution in [1.29, 1.82) is 0 Å². The van der Waals surface area contributed by atoms with Gasteiger partial charge in [-0.15, -0.1) is 0 Å². The lowest BCUT2D eigenvalue weighted by Gasteiger charge is -2.44. The minimum Gasteiger partial charge on any atom is -0.426 e. The molecule has 0 aliphatic carbocycles. The summed E-state index contributed by atoms with van der Waals surface area (Å²) in [5.74, 6) is 0. The predicted molar refractivity (Wildman–Crippen MR) is 147 cm³/mol. The van der Waals surface area contributed by atoms with Gasteiger partial charge in [-0.25, -0.2) is 4.79 Å². The van der Waals surface area contributed by atoms with Gasteiger partial charge < -0.3 is 19.3 Å². The van der Waals surface area contributed by atoms with E-state index in [9.17, 15) is 9.90 Å². The number of nitrogens with zero attached hydrogens (tertiary/aromatic N) is 1. The lowest BCUT2D eigenvalue weighted by atomic mass is 9.80. The van der Waals surface area contributed by atoms with E-state index < -0.39 is 36.1 Å². The molecule has 2 saturated heterocycles. The van der Waals surface area contributed by atoms with Crippen molar-refractivity contribution in [3.05, 3.63) is 144 Å². The topological polar surface area (TPSA) is 68.2 Å². The van der Waals surface area contributed by atoms with Gasteiger partial charge in [-0.2, -0.15) is 0 Å². The molecule has 0 amide bonds. The van der Waals surface area contributed by atoms with Crippen LogP contribution >= 0.6 is 0 Å². The molecule has 0 aromatic heterocycles. The average Bonchev–Trinajstić information content (AvgIpc) is 3.37. The molecule has 4 aromatic carbocycles. The second-order valence-corrected chi connectivity index (χ2v) is 10.1. The lowest BCUT2D eigenvalue weighted by molar-refractivity contribution is -0.125. The molecule has 0 unspecified atom stereocenters. The van der Waals surface area contributed by atoms with Gasteiger partial charge in [0.25, 0.3) is 0 Å². The highest BCUT2D eigenvalue weighted by atomic mass is 16.8. The number of ether oxygens (including phenoxy) is 3. The zero-order valence-corrected chi connectivity index (χ0v) is 21.5. The number of hydrogen-bond donors (Lipinski definition) is 1. The van der Waals surface area contributed by atoms with Crippen molar-refractivity contribution >= 4 is 6.16 Å². The zero-order chi connectivity index (χ0) is 26.7. The van der Waals surface area contributed by atoms with Gasteiger partial charge in [0.15, 0.2) is 12.2 Å². The Balaban J connectivity index is 1.40. The average molecular weight is 522 g/mol. The third-order valence-corrected chi connectivity index (χ3v) is 7.70. The first kappa shape index (κ1) is 25.3. The van der Waals surface area contributed by atoms with Gasteiger partial charge in [-0.3, -0.25) is 4.90 Å². The summed E-state index contributed by atoms with van der Waals surface area (Å²) in [6.45, 7) is 1.20. The maximum Gasteiger partial charge on any atom is 0.509 e. The van der Waals surface area contributed by atoms with Crippen molar-refractivity contribution in [2.75, 3.05) is 13.2 Å². The Morgan fingerprint density at radius 1 is 0.744 bits per heavy atom. The summed E-state index contributed by atoms with van der Waals surface area (Å²) in [5.41, 5.74) is 3.11. The molecular weight excluding hydrogens is 490 g/mol. The molecule has 2 heterocycles. The van der Waals surface area contributed by atoms with Crippen LogP contribution in [-0.4, -0.2) is 53.7 Å². The SMILES string of the molecule is O=C1O[C@H]2[C@@H](O)[C@@H](COC(c3ccccc3)(c3ccccc3)c3ccccc3)N(Cc3ccccc3)C[C@@H]2O1. The van der Waals surface area contributed by atoms with E-state index in [1.165, 1.54) is 0 Å². The fourth-order valence-electron chi connectivity index (χ4n) is 5.82. The lowest BCUT2D eigenvalue weighted by Crippen LogP contribution is -2.61. The van der Waals surface area contributed by atoms with Crippen LogP contribution in [0.25, 0.3) is 0 Å². The molecule has 2 aliphatic rings. The summed E-state index contributed by atoms with van der Waals surface area (Å²) < 4.78 is 17.9. The maximum absolute atomic E-state index is 12.0. The van der Waals surface area contributed by atoms with Gasteiger partial charge in [-0.1, -0.05) is 121 Å². The molecule has 198 valence electrons. The molecule has 39 heavy (non-hydrogen) atoms. The van der Waals surface area contributed by atoms with Crippen LogP contribution in [0.5, 0.6) is 0 Å². The van der Waals surface area contributed by atoms with E-state index in [1.54, 1.807) is 0 Å². The van der Waals surface area contributed by atoms with Gasteiger partial charge in [0, 0.05) is 13.1 Å². The van der Waals surface area contributed by atoms with Crippen molar-refractivity contribution in [3.8, 4) is 0 Å². The smallest absolute Gasteiger partial charge is 0.426 e. The molecule has 2 fully saturated rings. The molecule has 6 nitrogen and oxygen atoms in total. The minimum atomic E-state index is -0.987. The van der Waals surface area contributed by atoms with E-state index >= 15 is 0 Å². The van der Waals surface area contributed by atoms with Crippen LogP contribution in [0.3, 0.4) is 0 Å². The number of likely N-dealkylation sites (tertiary alicyclic amines) is 1. The van der Waals surface area contributed by atoms with E-state index in [4.69, 9.17) is 14.2 Å². The van der Waals surface area contributed by atoms with Crippen LogP contribution in [0.1, 0.15) is 22.3 Å². The van der Waals surface area contributed by atoms with Crippen LogP contribution in [0.15, 0.2) is 121 Å². The highest BCUT2D eigenvalue weighted by molar-refractivity contribution is 5.63. The quantitative estimate of drug-likeness (QED) is 0.256. The first-order valence-electron chi connectivity index (χ1n) is 13.3. The Morgan fingerprint density at radius 3 is 1.74 bits per heavy atom. The highest BCUT2D eigenvalue weighted by Crippen LogP contribution is 2.41. The number of carbonyl (C=O) groups is 1. The van der Waals surface area contributed by atoms with Crippen molar-refractivity contribution in [2.24, 2.45) is 0 Å². The van der Waals surface area contributed by atoms with Crippen LogP contribution in [0, 0.1) is 0 Å². The van der Waals surface area contributed by atoms with E-state index in [0.29, 0.717) is 13.1 Å². The Morgan fingerprint density at radius 2 is 1.23 bits per heavy atom. The van der Waals surface area contributed by atoms with Gasteiger partial charge in [-0.05, 0) is 22.3 Å². The summed E-state index contributed by atoms with van der Waals surface area (Å²) >= 11 is 0. The fraction of sp³-hybridized carbons (Fsp3) is 0.242. The van der Waals surface area contributed by atoms with Gasteiger partial charge in [0.05, 0.1) is 12.6 Å². The maximum atomic E-state index is 12.0. The van der Waals surface area contributed by atoms with Crippen LogP contribution in [-0.2, 0) is 26.4 Å². The minimum absolute atomic E-state index is 0.188. The molecular formula is C33H31NO5. The number of benzene rings is 4. The summed E-state index contributed by atoms with van der Waals surface area (Å²) in [4.78, 5) is 14.1. The number of rotatable bonds is 8. The Bertz CT molecular complexity index is 1270. The second-order valence-electron chi connectivity index (χ2n) is 10.1. The Kier molecular flexibility index (Phi) is 7.16. The largest absolute Gasteiger partial charge is 0.509 e. The Labute approximate surface area is 228 Å². The van der Waals surface area contributed by atoms with E-state index in [2.05, 4.69) is 53.4 Å². The van der Waals surface area contributed by atoms with Gasteiger partial charge in [0.1, 0.15) is 11.7 Å². The normalized spacial score (nSPS) is 23.1. The molecule has 0 radical (unpaired) electrons. The Hall–Kier alpha value is -3.97. The first-order chi connectivity index (χ1) is 19.1. The fourth-order valence-corrected chi connectivity index (χ4v) is 5.82. The predicted octanol–water partition coefficient (Wildman–Crippen LogP) is 5.14. The first-order valence-corrected chi connectivity index (χ1v) is 13.3. The van der Waals surface area contributed by atoms with Crippen LogP contribution in [0.4, 0.5) is 4.79 Å². The van der Waals surface area contributed by atoms with Gasteiger partial charge >= 0.3 is 6.16 Å². The molecule has 2 aliphatic heterocycles. The molecule has 4 aromatic rings. The number of aliphatic hydroxyl groups excluding tert-OH is 1. The molecule has 6 rings (SSSR count). The molecule has 0 spiro atoms. The molecule has 1 N–H and O–H groups in total. The van der Waals surface area contributed by atoms with E-state index in [1.807, 2.05) is 72.8 Å². The molecule has 4 atom stereocenters. The number of carbonyl (C=O) groups excluding carboxylic acids is 1. The summed E-state index contributed by atoms with van der Waals surface area (Å²) in [6.07, 6.45) is -3.00. The number of piperidine rings is 1. The van der Waals surface area contributed by atoms with Crippen molar-refractivity contribution in [2.45, 2.75) is 36.5 Å². The third-order valence-electron chi connectivity index (χ3n) is 7.70. The van der Waals surface area contributed by atoms with E-state index in [-0.39, 0.29) is 6.61 Å². The van der Waals surface area contributed by atoms with Gasteiger partial charge in [0.2, 0.25) is 0 Å². The molecule has 6 heteroatoms.